The molecule has 2 N–H and O–H groups in total. The van der Waals surface area contributed by atoms with Gasteiger partial charge in [0, 0.05) is 17.4 Å². The van der Waals surface area contributed by atoms with Gasteiger partial charge in [0.2, 0.25) is 0 Å². The van der Waals surface area contributed by atoms with Gasteiger partial charge < -0.3 is 15.4 Å². The maximum absolute atomic E-state index is 12.3. The molecule has 2 aromatic rings. The van der Waals surface area contributed by atoms with E-state index >= 15 is 0 Å². The molecule has 35 heavy (non-hydrogen) atoms. The molecule has 0 heterocycles. The van der Waals surface area contributed by atoms with Crippen molar-refractivity contribution in [3.05, 3.63) is 53.1 Å². The first-order valence-corrected chi connectivity index (χ1v) is 14.0. The second-order valence-corrected chi connectivity index (χ2v) is 12.0. The van der Waals surface area contributed by atoms with Crippen molar-refractivity contribution in [1.82, 2.24) is 0 Å². The number of benzene rings is 2. The van der Waals surface area contributed by atoms with Gasteiger partial charge in [-0.25, -0.2) is 0 Å². The van der Waals surface area contributed by atoms with Crippen molar-refractivity contribution >= 4 is 34.6 Å². The number of hydrogen-bond acceptors (Lipinski definition) is 4. The average Bonchev–Trinajstić information content (AvgIpc) is 3.29. The Balaban J connectivity index is 1.11. The number of ether oxygens (including phenoxy) is 1. The number of nitrogens with one attached hydrogen (secondary N) is 2. The molecule has 0 radical (unpaired) electrons. The van der Waals surface area contributed by atoms with Crippen LogP contribution < -0.4 is 10.6 Å². The normalized spacial score (nSPS) is 33.0. The van der Waals surface area contributed by atoms with E-state index in [4.69, 9.17) is 16.3 Å². The van der Waals surface area contributed by atoms with E-state index in [1.165, 1.54) is 44.1 Å². The minimum absolute atomic E-state index is 0.0564. The first-order valence-electron chi connectivity index (χ1n) is 13.6. The highest BCUT2D eigenvalue weighted by molar-refractivity contribution is 6.33. The molecule has 5 saturated carbocycles. The zero-order valence-electron chi connectivity index (χ0n) is 20.7. The Morgan fingerprint density at radius 1 is 0.971 bits per heavy atom. The molecule has 2 atom stereocenters. The van der Waals surface area contributed by atoms with Crippen LogP contribution in [0.4, 0.5) is 17.1 Å². The molecule has 0 spiro atoms. The third-order valence-electron chi connectivity index (χ3n) is 9.24. The van der Waals surface area contributed by atoms with E-state index < -0.39 is 0 Å². The first-order chi connectivity index (χ1) is 17.0. The number of rotatable bonds is 7. The summed E-state index contributed by atoms with van der Waals surface area (Å²) in [5, 5.41) is 7.86. The lowest BCUT2D eigenvalue weighted by Crippen LogP contribution is -2.48. The summed E-state index contributed by atoms with van der Waals surface area (Å²) in [7, 11) is 0. The molecule has 0 amide bonds. The molecule has 186 valence electrons. The first kappa shape index (κ1) is 23.2. The van der Waals surface area contributed by atoms with Crippen molar-refractivity contribution in [2.75, 3.05) is 17.2 Å². The maximum atomic E-state index is 12.3. The minimum Gasteiger partial charge on any atom is -0.466 e. The zero-order chi connectivity index (χ0) is 24.0. The van der Waals surface area contributed by atoms with Crippen LogP contribution in [0.25, 0.3) is 0 Å². The average molecular weight is 493 g/mol. The number of anilines is 3. The molecule has 4 nitrogen and oxygen atoms in total. The molecule has 0 aliphatic heterocycles. The van der Waals surface area contributed by atoms with Gasteiger partial charge in [0.25, 0.3) is 0 Å². The van der Waals surface area contributed by atoms with Crippen LogP contribution in [0.1, 0.15) is 70.3 Å². The predicted octanol–water partition coefficient (Wildman–Crippen LogP) is 7.70. The largest absolute Gasteiger partial charge is 0.466 e. The highest BCUT2D eigenvalue weighted by Gasteiger charge is 2.51. The van der Waals surface area contributed by atoms with Crippen LogP contribution in [-0.4, -0.2) is 18.6 Å². The Morgan fingerprint density at radius 3 is 2.26 bits per heavy atom. The second-order valence-electron chi connectivity index (χ2n) is 11.6. The highest BCUT2D eigenvalue weighted by Crippen LogP contribution is 2.61. The molecule has 7 rings (SSSR count). The van der Waals surface area contributed by atoms with Gasteiger partial charge in [-0.1, -0.05) is 24.1 Å². The lowest BCUT2D eigenvalue weighted by molar-refractivity contribution is -0.148. The fourth-order valence-corrected chi connectivity index (χ4v) is 8.32. The van der Waals surface area contributed by atoms with Gasteiger partial charge in [-0.05, 0) is 123 Å². The van der Waals surface area contributed by atoms with Gasteiger partial charge in [-0.3, -0.25) is 4.79 Å². The summed E-state index contributed by atoms with van der Waals surface area (Å²) in [4.78, 5) is 12.3. The zero-order valence-corrected chi connectivity index (χ0v) is 21.4. The highest BCUT2D eigenvalue weighted by atomic mass is 35.5. The number of hydrogen-bond donors (Lipinski definition) is 2. The van der Waals surface area contributed by atoms with Gasteiger partial charge in [0.1, 0.15) is 0 Å². The third kappa shape index (κ3) is 4.55. The minimum atomic E-state index is -0.0765. The van der Waals surface area contributed by atoms with E-state index in [0.29, 0.717) is 12.0 Å². The van der Waals surface area contributed by atoms with Crippen LogP contribution in [0.15, 0.2) is 42.5 Å². The smallest absolute Gasteiger partial charge is 0.311 e. The van der Waals surface area contributed by atoms with E-state index in [1.54, 1.807) is 0 Å². The quantitative estimate of drug-likeness (QED) is 0.389. The second kappa shape index (κ2) is 9.35. The molecule has 5 aliphatic rings. The summed E-state index contributed by atoms with van der Waals surface area (Å²) in [6, 6.07) is 15.2. The molecular formula is C30H37ClN2O2. The molecule has 5 aliphatic carbocycles. The number of halogens is 1. The number of esters is 1. The van der Waals surface area contributed by atoms with Gasteiger partial charge in [-0.2, -0.15) is 0 Å². The molecule has 2 unspecified atom stereocenters. The Morgan fingerprint density at radius 2 is 1.63 bits per heavy atom. The van der Waals surface area contributed by atoms with Crippen molar-refractivity contribution in [1.29, 1.82) is 0 Å². The molecular weight excluding hydrogens is 456 g/mol. The summed E-state index contributed by atoms with van der Waals surface area (Å²) in [6.07, 6.45) is 11.4. The van der Waals surface area contributed by atoms with Crippen LogP contribution >= 0.6 is 11.6 Å². The topological polar surface area (TPSA) is 50.4 Å². The SMILES string of the molecule is CCOC(=O)C1CCCC1Nc1ccc(Nc2ccc(C34CC5CC(CC(C5)C3)C4)cc2Cl)cc1. The summed E-state index contributed by atoms with van der Waals surface area (Å²) in [6.45, 7) is 2.30. The van der Waals surface area contributed by atoms with Crippen molar-refractivity contribution in [3.63, 3.8) is 0 Å². The fraction of sp³-hybridized carbons (Fsp3) is 0.567. The van der Waals surface area contributed by atoms with Crippen molar-refractivity contribution in [3.8, 4) is 0 Å². The summed E-state index contributed by atoms with van der Waals surface area (Å²) >= 11 is 6.82. The van der Waals surface area contributed by atoms with Crippen molar-refractivity contribution in [2.24, 2.45) is 23.7 Å². The van der Waals surface area contributed by atoms with Crippen LogP contribution in [0, 0.1) is 23.7 Å². The van der Waals surface area contributed by atoms with Gasteiger partial charge >= 0.3 is 5.97 Å². The van der Waals surface area contributed by atoms with Crippen LogP contribution in [-0.2, 0) is 14.9 Å². The van der Waals surface area contributed by atoms with Crippen LogP contribution in [0.3, 0.4) is 0 Å². The van der Waals surface area contributed by atoms with Crippen LogP contribution in [0.2, 0.25) is 5.02 Å². The monoisotopic (exact) mass is 492 g/mol. The van der Waals surface area contributed by atoms with E-state index in [9.17, 15) is 4.79 Å². The molecule has 5 fully saturated rings. The maximum Gasteiger partial charge on any atom is 0.311 e. The Hall–Kier alpha value is -2.20. The summed E-state index contributed by atoms with van der Waals surface area (Å²) < 4.78 is 5.27. The van der Waals surface area contributed by atoms with E-state index in [-0.39, 0.29) is 17.9 Å². The predicted molar refractivity (Wildman–Crippen MR) is 142 cm³/mol. The van der Waals surface area contributed by atoms with E-state index in [1.807, 2.05) is 6.92 Å². The molecule has 4 bridgehead atoms. The molecule has 0 aromatic heterocycles. The molecule has 0 saturated heterocycles. The Bertz CT molecular complexity index is 1050. The lowest BCUT2D eigenvalue weighted by atomic mass is 9.48. The molecule has 5 heteroatoms. The van der Waals surface area contributed by atoms with Crippen molar-refractivity contribution in [2.45, 2.75) is 76.2 Å². The Labute approximate surface area is 214 Å². The van der Waals surface area contributed by atoms with Gasteiger partial charge in [0.05, 0.1) is 23.2 Å². The van der Waals surface area contributed by atoms with Gasteiger partial charge in [0.15, 0.2) is 0 Å². The Kier molecular flexibility index (Phi) is 6.20. The van der Waals surface area contributed by atoms with Gasteiger partial charge in [-0.15, -0.1) is 0 Å². The van der Waals surface area contributed by atoms with Crippen molar-refractivity contribution < 1.29 is 9.53 Å². The number of carbonyl (C=O) groups excluding carboxylic acids is 1. The standard InChI is InChI=1S/C30H37ClN2O2/c1-2-35-29(34)25-4-3-5-27(25)32-23-7-9-24(10-8-23)33-28-11-6-22(15-26(28)31)30-16-19-12-20(17-30)14-21(13-19)18-30/h6-11,15,19-21,25,27,32-33H,2-5,12-14,16-18H2,1H3. The summed E-state index contributed by atoms with van der Waals surface area (Å²) in [5.74, 6) is 2.66. The van der Waals surface area contributed by atoms with E-state index in [2.05, 4.69) is 53.1 Å². The van der Waals surface area contributed by atoms with E-state index in [0.717, 1.165) is 59.1 Å². The van der Waals surface area contributed by atoms with Crippen LogP contribution in [0.5, 0.6) is 0 Å². The fourth-order valence-electron chi connectivity index (χ4n) is 8.09. The number of carbonyl (C=O) groups is 1. The molecule has 2 aromatic carbocycles. The third-order valence-corrected chi connectivity index (χ3v) is 9.55. The lowest BCUT2D eigenvalue weighted by Gasteiger charge is -2.57. The summed E-state index contributed by atoms with van der Waals surface area (Å²) in [5.41, 5.74) is 4.82.